The summed E-state index contributed by atoms with van der Waals surface area (Å²) in [5.41, 5.74) is 8.19. The summed E-state index contributed by atoms with van der Waals surface area (Å²) in [7, 11) is 0. The maximum atomic E-state index is 5.85. The van der Waals surface area contributed by atoms with Gasteiger partial charge in [0.1, 0.15) is 12.4 Å². The zero-order valence-corrected chi connectivity index (χ0v) is 13.2. The van der Waals surface area contributed by atoms with E-state index in [4.69, 9.17) is 10.5 Å². The van der Waals surface area contributed by atoms with Crippen molar-refractivity contribution in [2.75, 3.05) is 6.61 Å². The summed E-state index contributed by atoms with van der Waals surface area (Å²) in [4.78, 5) is 0. The van der Waals surface area contributed by atoms with Crippen LogP contribution in [0.25, 0.3) is 10.9 Å². The monoisotopic (exact) mass is 344 g/mol. The van der Waals surface area contributed by atoms with Crippen LogP contribution in [-0.4, -0.2) is 11.2 Å². The fraction of sp³-hybridized carbons (Fsp3) is 0.176. The van der Waals surface area contributed by atoms with Crippen molar-refractivity contribution >= 4 is 26.8 Å². The third-order valence-corrected chi connectivity index (χ3v) is 4.03. The molecule has 0 atom stereocenters. The molecule has 0 aliphatic carbocycles. The summed E-state index contributed by atoms with van der Waals surface area (Å²) in [6, 6.07) is 18.4. The molecule has 0 radical (unpaired) electrons. The first-order chi connectivity index (χ1) is 10.3. The van der Waals surface area contributed by atoms with E-state index in [1.165, 1.54) is 10.9 Å². The molecule has 0 saturated carbocycles. The molecule has 2 N–H and O–H groups in total. The van der Waals surface area contributed by atoms with Crippen LogP contribution in [0, 0.1) is 0 Å². The summed E-state index contributed by atoms with van der Waals surface area (Å²) in [5.74, 6) is 0.879. The van der Waals surface area contributed by atoms with Crippen molar-refractivity contribution in [3.63, 3.8) is 0 Å². The van der Waals surface area contributed by atoms with Crippen molar-refractivity contribution in [2.45, 2.75) is 13.1 Å². The van der Waals surface area contributed by atoms with Gasteiger partial charge in [-0.2, -0.15) is 0 Å². The second kappa shape index (κ2) is 6.33. The van der Waals surface area contributed by atoms with E-state index in [0.717, 1.165) is 22.5 Å². The van der Waals surface area contributed by atoms with Crippen molar-refractivity contribution < 1.29 is 4.74 Å². The average Bonchev–Trinajstić information content (AvgIpc) is 2.87. The minimum atomic E-state index is 0.535. The molecule has 0 spiro atoms. The van der Waals surface area contributed by atoms with Gasteiger partial charge >= 0.3 is 0 Å². The number of nitrogens with two attached hydrogens (primary N) is 1. The molecule has 108 valence electrons. The van der Waals surface area contributed by atoms with E-state index >= 15 is 0 Å². The van der Waals surface area contributed by atoms with Crippen molar-refractivity contribution in [1.82, 2.24) is 4.57 Å². The van der Waals surface area contributed by atoms with Crippen molar-refractivity contribution in [3.8, 4) is 5.75 Å². The highest BCUT2D eigenvalue weighted by molar-refractivity contribution is 9.10. The highest BCUT2D eigenvalue weighted by atomic mass is 79.9. The Bertz CT molecular complexity index is 734. The van der Waals surface area contributed by atoms with Crippen LogP contribution in [0.2, 0.25) is 0 Å². The van der Waals surface area contributed by atoms with Gasteiger partial charge in [-0.25, -0.2) is 0 Å². The van der Waals surface area contributed by atoms with Crippen LogP contribution in [0.1, 0.15) is 5.69 Å². The molecule has 1 aromatic heterocycles. The molecule has 3 nitrogen and oxygen atoms in total. The molecule has 0 amide bonds. The Morgan fingerprint density at radius 1 is 1.05 bits per heavy atom. The number of halogens is 1. The predicted molar refractivity (Wildman–Crippen MR) is 89.5 cm³/mol. The summed E-state index contributed by atoms with van der Waals surface area (Å²) in [6.45, 7) is 1.94. The molecule has 0 saturated heterocycles. The molecular formula is C17H17BrN2O. The van der Waals surface area contributed by atoms with E-state index in [0.29, 0.717) is 13.2 Å². The Kier molecular flexibility index (Phi) is 4.27. The van der Waals surface area contributed by atoms with E-state index in [2.05, 4.69) is 44.8 Å². The summed E-state index contributed by atoms with van der Waals surface area (Å²) < 4.78 is 9.08. The normalized spacial score (nSPS) is 11.0. The smallest absolute Gasteiger partial charge is 0.119 e. The van der Waals surface area contributed by atoms with Crippen molar-refractivity contribution in [1.29, 1.82) is 0 Å². The quantitative estimate of drug-likeness (QED) is 0.761. The Balaban J connectivity index is 1.74. The summed E-state index contributed by atoms with van der Waals surface area (Å²) in [6.07, 6.45) is 0. The van der Waals surface area contributed by atoms with Crippen LogP contribution in [0.3, 0.4) is 0 Å². The van der Waals surface area contributed by atoms with E-state index in [9.17, 15) is 0 Å². The maximum absolute atomic E-state index is 5.85. The number of benzene rings is 2. The standard InChI is InChI=1S/C17H17BrN2O/c18-14-5-7-16(8-6-14)21-10-9-20-15(12-19)11-13-3-1-2-4-17(13)20/h1-8,11H,9-10,12,19H2. The lowest BCUT2D eigenvalue weighted by atomic mass is 10.2. The van der Waals surface area contributed by atoms with Crippen LogP contribution in [0.5, 0.6) is 5.75 Å². The molecule has 21 heavy (non-hydrogen) atoms. The largest absolute Gasteiger partial charge is 0.492 e. The van der Waals surface area contributed by atoms with Gasteiger partial charge in [0.15, 0.2) is 0 Å². The van der Waals surface area contributed by atoms with Crippen LogP contribution in [0.4, 0.5) is 0 Å². The first-order valence-corrected chi connectivity index (χ1v) is 7.73. The molecule has 0 aliphatic heterocycles. The van der Waals surface area contributed by atoms with Crippen LogP contribution < -0.4 is 10.5 Å². The first-order valence-electron chi connectivity index (χ1n) is 6.93. The Morgan fingerprint density at radius 2 is 1.81 bits per heavy atom. The molecular weight excluding hydrogens is 328 g/mol. The van der Waals surface area contributed by atoms with Gasteiger partial charge in [0.25, 0.3) is 0 Å². The summed E-state index contributed by atoms with van der Waals surface area (Å²) >= 11 is 3.42. The molecule has 0 aliphatic rings. The molecule has 1 heterocycles. The van der Waals surface area contributed by atoms with Gasteiger partial charge in [-0.1, -0.05) is 34.1 Å². The third-order valence-electron chi connectivity index (χ3n) is 3.50. The average molecular weight is 345 g/mol. The number of aromatic nitrogens is 1. The van der Waals surface area contributed by atoms with Crippen molar-refractivity contribution in [3.05, 3.63) is 64.8 Å². The molecule has 3 rings (SSSR count). The lowest BCUT2D eigenvalue weighted by molar-refractivity contribution is 0.299. The van der Waals surface area contributed by atoms with Crippen LogP contribution >= 0.6 is 15.9 Å². The number of ether oxygens (including phenoxy) is 1. The fourth-order valence-corrected chi connectivity index (χ4v) is 2.75. The Labute approximate surface area is 132 Å². The van der Waals surface area contributed by atoms with Crippen LogP contribution in [-0.2, 0) is 13.1 Å². The second-order valence-electron chi connectivity index (χ2n) is 4.85. The van der Waals surface area contributed by atoms with Gasteiger partial charge in [-0.15, -0.1) is 0 Å². The lowest BCUT2D eigenvalue weighted by Gasteiger charge is -2.11. The minimum absolute atomic E-state index is 0.535. The Hall–Kier alpha value is -1.78. The number of fused-ring (bicyclic) bond motifs is 1. The van der Waals surface area contributed by atoms with Crippen molar-refractivity contribution in [2.24, 2.45) is 5.73 Å². The molecule has 0 bridgehead atoms. The third kappa shape index (κ3) is 3.12. The first kappa shape index (κ1) is 14.2. The highest BCUT2D eigenvalue weighted by Gasteiger charge is 2.07. The zero-order chi connectivity index (χ0) is 14.7. The van der Waals surface area contributed by atoms with Gasteiger partial charge < -0.3 is 15.0 Å². The van der Waals surface area contributed by atoms with E-state index in [1.54, 1.807) is 0 Å². The van der Waals surface area contributed by atoms with E-state index < -0.39 is 0 Å². The predicted octanol–water partition coefficient (Wildman–Crippen LogP) is 3.94. The highest BCUT2D eigenvalue weighted by Crippen LogP contribution is 2.20. The molecule has 3 aromatic rings. The number of nitrogens with zero attached hydrogens (tertiary/aromatic N) is 1. The minimum Gasteiger partial charge on any atom is -0.492 e. The lowest BCUT2D eigenvalue weighted by Crippen LogP contribution is -2.12. The molecule has 2 aromatic carbocycles. The van der Waals surface area contributed by atoms with Gasteiger partial charge in [-0.05, 0) is 41.8 Å². The van der Waals surface area contributed by atoms with E-state index in [-0.39, 0.29) is 0 Å². The SMILES string of the molecule is NCc1cc2ccccc2n1CCOc1ccc(Br)cc1. The second-order valence-corrected chi connectivity index (χ2v) is 5.77. The number of hydrogen-bond acceptors (Lipinski definition) is 2. The van der Waals surface area contributed by atoms with E-state index in [1.807, 2.05) is 30.3 Å². The summed E-state index contributed by atoms with van der Waals surface area (Å²) in [5, 5.41) is 1.22. The van der Waals surface area contributed by atoms with Gasteiger partial charge in [0, 0.05) is 22.2 Å². The number of para-hydroxylation sites is 1. The number of rotatable bonds is 5. The van der Waals surface area contributed by atoms with Gasteiger partial charge in [-0.3, -0.25) is 0 Å². The molecule has 0 fully saturated rings. The van der Waals surface area contributed by atoms with Crippen LogP contribution in [0.15, 0.2) is 59.1 Å². The maximum Gasteiger partial charge on any atom is 0.119 e. The topological polar surface area (TPSA) is 40.2 Å². The zero-order valence-electron chi connectivity index (χ0n) is 11.6. The number of hydrogen-bond donors (Lipinski definition) is 1. The fourth-order valence-electron chi connectivity index (χ4n) is 2.49. The van der Waals surface area contributed by atoms with Gasteiger partial charge in [0.05, 0.1) is 6.54 Å². The van der Waals surface area contributed by atoms with Gasteiger partial charge in [0.2, 0.25) is 0 Å². The Morgan fingerprint density at radius 3 is 2.57 bits per heavy atom. The molecule has 4 heteroatoms. The molecule has 0 unspecified atom stereocenters.